The van der Waals surface area contributed by atoms with Gasteiger partial charge in [0.05, 0.1) is 32.1 Å². The van der Waals surface area contributed by atoms with E-state index in [0.717, 1.165) is 12.2 Å². The van der Waals surface area contributed by atoms with E-state index in [9.17, 15) is 8.42 Å². The predicted octanol–water partition coefficient (Wildman–Crippen LogP) is 3.13. The molecule has 0 bridgehead atoms. The SMILES string of the molecule is CCN1c2ccccc2N(S(=O)(=O)c2cc(OC)ccc2OC)CC1C. The van der Waals surface area contributed by atoms with Crippen LogP contribution in [0.4, 0.5) is 11.4 Å². The van der Waals surface area contributed by atoms with Gasteiger partial charge in [-0.25, -0.2) is 8.42 Å². The number of methoxy groups -OCH3 is 2. The van der Waals surface area contributed by atoms with Crippen molar-refractivity contribution in [3.8, 4) is 11.5 Å². The lowest BCUT2D eigenvalue weighted by molar-refractivity contribution is 0.392. The molecule has 0 spiro atoms. The standard InChI is InChI=1S/C19H24N2O4S/c1-5-20-14(2)13-21(17-9-7-6-8-16(17)20)26(22,23)19-12-15(24-3)10-11-18(19)25-4/h6-12,14H,5,13H2,1-4H3. The van der Waals surface area contributed by atoms with E-state index in [2.05, 4.69) is 11.8 Å². The number of likely N-dealkylation sites (N-methyl/N-ethyl adjacent to an activating group) is 1. The van der Waals surface area contributed by atoms with Gasteiger partial charge in [-0.05, 0) is 38.1 Å². The van der Waals surface area contributed by atoms with Gasteiger partial charge in [0.25, 0.3) is 10.0 Å². The van der Waals surface area contributed by atoms with Gasteiger partial charge in [0.2, 0.25) is 0 Å². The number of benzene rings is 2. The molecule has 0 N–H and O–H groups in total. The van der Waals surface area contributed by atoms with Crippen LogP contribution in [-0.2, 0) is 10.0 Å². The third-order valence-corrected chi connectivity index (χ3v) is 6.50. The molecule has 1 atom stereocenters. The Morgan fingerprint density at radius 1 is 1.08 bits per heavy atom. The van der Waals surface area contributed by atoms with Crippen molar-refractivity contribution in [2.75, 3.05) is 36.5 Å². The third kappa shape index (κ3) is 2.96. The van der Waals surface area contributed by atoms with Crippen molar-refractivity contribution in [3.63, 3.8) is 0 Å². The van der Waals surface area contributed by atoms with E-state index in [-0.39, 0.29) is 10.9 Å². The third-order valence-electron chi connectivity index (χ3n) is 4.70. The van der Waals surface area contributed by atoms with E-state index in [0.29, 0.717) is 23.7 Å². The summed E-state index contributed by atoms with van der Waals surface area (Å²) >= 11 is 0. The Labute approximate surface area is 155 Å². The van der Waals surface area contributed by atoms with Gasteiger partial charge in [-0.2, -0.15) is 0 Å². The Morgan fingerprint density at radius 3 is 2.38 bits per heavy atom. The molecular formula is C19H24N2O4S. The van der Waals surface area contributed by atoms with Gasteiger partial charge >= 0.3 is 0 Å². The minimum atomic E-state index is -3.81. The molecule has 1 unspecified atom stereocenters. The van der Waals surface area contributed by atoms with Gasteiger partial charge in [-0.1, -0.05) is 12.1 Å². The van der Waals surface area contributed by atoms with E-state index in [1.54, 1.807) is 12.1 Å². The van der Waals surface area contributed by atoms with Crippen LogP contribution in [0.3, 0.4) is 0 Å². The first-order chi connectivity index (χ1) is 12.4. The molecule has 7 heteroatoms. The summed E-state index contributed by atoms with van der Waals surface area (Å²) in [6.45, 7) is 5.29. The molecule has 1 aliphatic heterocycles. The molecule has 3 rings (SSSR count). The Hall–Kier alpha value is -2.41. The number of ether oxygens (including phenoxy) is 2. The van der Waals surface area contributed by atoms with E-state index >= 15 is 0 Å². The van der Waals surface area contributed by atoms with E-state index < -0.39 is 10.0 Å². The van der Waals surface area contributed by atoms with Gasteiger partial charge in [0.15, 0.2) is 0 Å². The van der Waals surface area contributed by atoms with Crippen LogP contribution in [0.5, 0.6) is 11.5 Å². The van der Waals surface area contributed by atoms with Crippen molar-refractivity contribution >= 4 is 21.4 Å². The van der Waals surface area contributed by atoms with E-state index in [1.165, 1.54) is 24.6 Å². The summed E-state index contributed by atoms with van der Waals surface area (Å²) < 4.78 is 39.0. The fourth-order valence-corrected chi connectivity index (χ4v) is 5.14. The number of para-hydroxylation sites is 2. The molecule has 1 aliphatic rings. The van der Waals surface area contributed by atoms with Crippen LogP contribution in [0.2, 0.25) is 0 Å². The highest BCUT2D eigenvalue weighted by Gasteiger charge is 2.36. The lowest BCUT2D eigenvalue weighted by Crippen LogP contribution is -2.49. The number of hydrogen-bond donors (Lipinski definition) is 0. The van der Waals surface area contributed by atoms with Crippen molar-refractivity contribution in [3.05, 3.63) is 42.5 Å². The van der Waals surface area contributed by atoms with Gasteiger partial charge in [0, 0.05) is 18.7 Å². The maximum Gasteiger partial charge on any atom is 0.268 e. The maximum atomic E-state index is 13.5. The average molecular weight is 376 g/mol. The molecule has 0 fully saturated rings. The zero-order chi connectivity index (χ0) is 18.9. The highest BCUT2D eigenvalue weighted by atomic mass is 32.2. The number of nitrogens with zero attached hydrogens (tertiary/aromatic N) is 2. The Kier molecular flexibility index (Phi) is 5.00. The summed E-state index contributed by atoms with van der Waals surface area (Å²) in [7, 11) is -0.839. The maximum absolute atomic E-state index is 13.5. The number of anilines is 2. The van der Waals surface area contributed by atoms with Crippen LogP contribution in [0.1, 0.15) is 13.8 Å². The molecule has 0 saturated carbocycles. The number of fused-ring (bicyclic) bond motifs is 1. The molecule has 6 nitrogen and oxygen atoms in total. The van der Waals surface area contributed by atoms with E-state index in [1.807, 2.05) is 31.2 Å². The van der Waals surface area contributed by atoms with Crippen LogP contribution < -0.4 is 18.7 Å². The zero-order valence-electron chi connectivity index (χ0n) is 15.5. The molecule has 2 aromatic carbocycles. The number of rotatable bonds is 5. The molecular weight excluding hydrogens is 352 g/mol. The topological polar surface area (TPSA) is 59.1 Å². The molecule has 2 aromatic rings. The van der Waals surface area contributed by atoms with Gasteiger partial charge in [-0.15, -0.1) is 0 Å². The van der Waals surface area contributed by atoms with Crippen molar-refractivity contribution in [2.45, 2.75) is 24.8 Å². The average Bonchev–Trinajstić information content (AvgIpc) is 2.66. The number of hydrogen-bond acceptors (Lipinski definition) is 5. The van der Waals surface area contributed by atoms with Crippen LogP contribution in [-0.4, -0.2) is 41.8 Å². The van der Waals surface area contributed by atoms with E-state index in [4.69, 9.17) is 9.47 Å². The van der Waals surface area contributed by atoms with Crippen LogP contribution in [0, 0.1) is 0 Å². The molecule has 0 saturated heterocycles. The summed E-state index contributed by atoms with van der Waals surface area (Å²) in [5.41, 5.74) is 1.59. The highest BCUT2D eigenvalue weighted by Crippen LogP contribution is 2.40. The molecule has 0 aliphatic carbocycles. The summed E-state index contributed by atoms with van der Waals surface area (Å²) in [4.78, 5) is 2.32. The molecule has 26 heavy (non-hydrogen) atoms. The Morgan fingerprint density at radius 2 is 1.77 bits per heavy atom. The van der Waals surface area contributed by atoms with Crippen LogP contribution in [0.25, 0.3) is 0 Å². The fourth-order valence-electron chi connectivity index (χ4n) is 3.41. The summed E-state index contributed by atoms with van der Waals surface area (Å²) in [6.07, 6.45) is 0. The molecule has 0 amide bonds. The van der Waals surface area contributed by atoms with Crippen LogP contribution in [0.15, 0.2) is 47.4 Å². The molecule has 140 valence electrons. The first-order valence-electron chi connectivity index (χ1n) is 8.54. The van der Waals surface area contributed by atoms with Gasteiger partial charge < -0.3 is 14.4 Å². The normalized spacial score (nSPS) is 17.0. The summed E-state index contributed by atoms with van der Waals surface area (Å²) in [5.74, 6) is 0.770. The second kappa shape index (κ2) is 7.07. The van der Waals surface area contributed by atoms with Gasteiger partial charge in [-0.3, -0.25) is 4.31 Å². The lowest BCUT2D eigenvalue weighted by atomic mass is 10.1. The Bertz CT molecular complexity index is 898. The first-order valence-corrected chi connectivity index (χ1v) is 9.98. The van der Waals surface area contributed by atoms with Gasteiger partial charge in [0.1, 0.15) is 16.4 Å². The second-order valence-corrected chi connectivity index (χ2v) is 8.01. The second-order valence-electron chi connectivity index (χ2n) is 6.18. The lowest BCUT2D eigenvalue weighted by Gasteiger charge is -2.42. The van der Waals surface area contributed by atoms with Crippen molar-refractivity contribution < 1.29 is 17.9 Å². The molecule has 1 heterocycles. The Balaban J connectivity index is 2.16. The monoisotopic (exact) mass is 376 g/mol. The predicted molar refractivity (Wildman–Crippen MR) is 103 cm³/mol. The smallest absolute Gasteiger partial charge is 0.268 e. The highest BCUT2D eigenvalue weighted by molar-refractivity contribution is 7.93. The minimum Gasteiger partial charge on any atom is -0.497 e. The summed E-state index contributed by atoms with van der Waals surface area (Å²) in [6, 6.07) is 12.4. The first kappa shape index (κ1) is 18.4. The quantitative estimate of drug-likeness (QED) is 0.802. The minimum absolute atomic E-state index is 0.0567. The van der Waals surface area contributed by atoms with Crippen molar-refractivity contribution in [1.82, 2.24) is 0 Å². The van der Waals surface area contributed by atoms with Crippen molar-refractivity contribution in [2.24, 2.45) is 0 Å². The summed E-state index contributed by atoms with van der Waals surface area (Å²) in [5, 5.41) is 0. The largest absolute Gasteiger partial charge is 0.497 e. The fraction of sp³-hybridized carbons (Fsp3) is 0.368. The molecule has 0 radical (unpaired) electrons. The zero-order valence-corrected chi connectivity index (χ0v) is 16.3. The number of sulfonamides is 1. The van der Waals surface area contributed by atoms with Crippen molar-refractivity contribution in [1.29, 1.82) is 0 Å². The van der Waals surface area contributed by atoms with Crippen LogP contribution >= 0.6 is 0 Å². The molecule has 0 aromatic heterocycles.